The highest BCUT2D eigenvalue weighted by Gasteiger charge is 2.28. The van der Waals surface area contributed by atoms with Crippen LogP contribution >= 0.6 is 0 Å². The van der Waals surface area contributed by atoms with Gasteiger partial charge in [0.2, 0.25) is 0 Å². The minimum absolute atomic E-state index is 0.133. The fourth-order valence-electron chi connectivity index (χ4n) is 4.68. The third-order valence-electron chi connectivity index (χ3n) is 6.47. The maximum atomic E-state index is 12.8. The average Bonchev–Trinajstić information content (AvgIpc) is 3.22. The molecule has 168 valence electrons. The summed E-state index contributed by atoms with van der Waals surface area (Å²) in [5, 5.41) is 4.44. The van der Waals surface area contributed by atoms with Crippen LogP contribution in [0, 0.1) is 0 Å². The van der Waals surface area contributed by atoms with Crippen LogP contribution in [0.3, 0.4) is 0 Å². The number of nitrogens with one attached hydrogen (secondary N) is 2. The van der Waals surface area contributed by atoms with Gasteiger partial charge < -0.3 is 10.1 Å². The molecule has 1 saturated heterocycles. The van der Waals surface area contributed by atoms with Crippen LogP contribution in [0.4, 0.5) is 11.5 Å². The molecule has 1 atom stereocenters. The van der Waals surface area contributed by atoms with Crippen molar-refractivity contribution in [1.82, 2.24) is 9.29 Å². The summed E-state index contributed by atoms with van der Waals surface area (Å²) in [7, 11) is -1.92. The topological polar surface area (TPSA) is 83.6 Å². The van der Waals surface area contributed by atoms with Gasteiger partial charge in [0.15, 0.2) is 0 Å². The number of ether oxygens (including phenoxy) is 1. The fraction of sp³-hybridized carbons (Fsp3) is 0.375. The number of piperidine rings is 1. The van der Waals surface area contributed by atoms with Gasteiger partial charge in [-0.3, -0.25) is 4.72 Å². The number of hydrogen-bond donors (Lipinski definition) is 2. The van der Waals surface area contributed by atoms with Crippen LogP contribution in [0.5, 0.6) is 0 Å². The van der Waals surface area contributed by atoms with E-state index in [9.17, 15) is 8.42 Å². The molecule has 2 N–H and O–H groups in total. The number of rotatable bonds is 6. The lowest BCUT2D eigenvalue weighted by molar-refractivity contribution is 0.0606. The molecule has 2 aromatic carbocycles. The number of methoxy groups -OCH3 is 1. The summed E-state index contributed by atoms with van der Waals surface area (Å²) in [6.45, 7) is 0.921. The highest BCUT2D eigenvalue weighted by molar-refractivity contribution is 7.90. The normalized spacial score (nSPS) is 19.7. The highest BCUT2D eigenvalue weighted by atomic mass is 32.2. The molecule has 3 aromatic rings. The summed E-state index contributed by atoms with van der Waals surface area (Å²) in [5.74, 6) is 0.827. The molecule has 5 rings (SSSR count). The van der Waals surface area contributed by atoms with Crippen LogP contribution in [0.2, 0.25) is 0 Å². The number of aryl methyl sites for hydroxylation is 1. The molecule has 1 aliphatic heterocycles. The van der Waals surface area contributed by atoms with E-state index in [0.29, 0.717) is 31.6 Å². The van der Waals surface area contributed by atoms with Crippen molar-refractivity contribution >= 4 is 32.6 Å². The van der Waals surface area contributed by atoms with Crippen LogP contribution in [-0.4, -0.2) is 44.0 Å². The lowest BCUT2D eigenvalue weighted by atomic mass is 10.1. The number of aromatic nitrogens is 1. The lowest BCUT2D eigenvalue weighted by Gasteiger charge is -2.30. The van der Waals surface area contributed by atoms with Crippen molar-refractivity contribution in [2.24, 2.45) is 0 Å². The molecule has 0 bridgehead atoms. The van der Waals surface area contributed by atoms with Gasteiger partial charge >= 0.3 is 10.2 Å². The second-order valence-corrected chi connectivity index (χ2v) is 10.2. The molecule has 1 aromatic heterocycles. The van der Waals surface area contributed by atoms with Crippen LogP contribution < -0.4 is 10.0 Å². The zero-order chi connectivity index (χ0) is 22.1. The number of fused-ring (bicyclic) bond motifs is 2. The van der Waals surface area contributed by atoms with E-state index in [2.05, 4.69) is 34.3 Å². The molecule has 0 unspecified atom stereocenters. The molecule has 7 nitrogen and oxygen atoms in total. The van der Waals surface area contributed by atoms with Crippen LogP contribution in [0.25, 0.3) is 10.9 Å². The third kappa shape index (κ3) is 4.30. The highest BCUT2D eigenvalue weighted by Crippen LogP contribution is 2.33. The molecule has 0 amide bonds. The van der Waals surface area contributed by atoms with Gasteiger partial charge in [-0.25, -0.2) is 4.98 Å². The van der Waals surface area contributed by atoms with E-state index < -0.39 is 10.2 Å². The predicted molar refractivity (Wildman–Crippen MR) is 127 cm³/mol. The van der Waals surface area contributed by atoms with Crippen molar-refractivity contribution in [1.29, 1.82) is 0 Å². The van der Waals surface area contributed by atoms with Gasteiger partial charge in [-0.05, 0) is 67.1 Å². The molecule has 0 saturated carbocycles. The maximum absolute atomic E-state index is 12.8. The van der Waals surface area contributed by atoms with Crippen molar-refractivity contribution in [3.05, 3.63) is 65.7 Å². The molecule has 0 spiro atoms. The van der Waals surface area contributed by atoms with Crippen molar-refractivity contribution in [3.63, 3.8) is 0 Å². The molecule has 2 aliphatic rings. The summed E-state index contributed by atoms with van der Waals surface area (Å²) in [5.41, 5.74) is 4.10. The first-order valence-corrected chi connectivity index (χ1v) is 12.5. The van der Waals surface area contributed by atoms with Gasteiger partial charge in [0.05, 0.1) is 23.3 Å². The molecule has 1 fully saturated rings. The zero-order valence-electron chi connectivity index (χ0n) is 18.1. The van der Waals surface area contributed by atoms with Gasteiger partial charge in [0.1, 0.15) is 5.82 Å². The summed E-state index contributed by atoms with van der Waals surface area (Å²) < 4.78 is 35.1. The van der Waals surface area contributed by atoms with Gasteiger partial charge in [0.25, 0.3) is 0 Å². The van der Waals surface area contributed by atoms with E-state index in [1.54, 1.807) is 13.2 Å². The lowest BCUT2D eigenvalue weighted by Crippen LogP contribution is -2.43. The van der Waals surface area contributed by atoms with Gasteiger partial charge in [-0.15, -0.1) is 0 Å². The van der Waals surface area contributed by atoms with Gasteiger partial charge in [-0.1, -0.05) is 24.3 Å². The largest absolute Gasteiger partial charge is 0.381 e. The van der Waals surface area contributed by atoms with E-state index in [1.807, 2.05) is 24.3 Å². The monoisotopic (exact) mass is 452 g/mol. The molecule has 32 heavy (non-hydrogen) atoms. The number of hydrogen-bond acceptors (Lipinski definition) is 5. The average molecular weight is 453 g/mol. The van der Waals surface area contributed by atoms with E-state index in [-0.39, 0.29) is 12.1 Å². The Hall–Kier alpha value is -2.68. The quantitative estimate of drug-likeness (QED) is 0.588. The van der Waals surface area contributed by atoms with E-state index in [0.717, 1.165) is 29.6 Å². The Balaban J connectivity index is 1.29. The van der Waals surface area contributed by atoms with E-state index in [1.165, 1.54) is 15.4 Å². The van der Waals surface area contributed by atoms with E-state index in [4.69, 9.17) is 9.72 Å². The van der Waals surface area contributed by atoms with Crippen molar-refractivity contribution < 1.29 is 13.2 Å². The summed E-state index contributed by atoms with van der Waals surface area (Å²) >= 11 is 0. The summed E-state index contributed by atoms with van der Waals surface area (Å²) in [6.07, 6.45) is 3.68. The Morgan fingerprint density at radius 3 is 2.66 bits per heavy atom. The van der Waals surface area contributed by atoms with Crippen LogP contribution in [0.1, 0.15) is 36.4 Å². The SMILES string of the molecule is COC1CCN(S(=O)(=O)Nc2ccc3nc(N[C@@H]4CCc5ccccc54)ccc3c2)CC1. The minimum atomic E-state index is -3.59. The minimum Gasteiger partial charge on any atom is -0.381 e. The number of anilines is 2. The predicted octanol–water partition coefficient (Wildman–Crippen LogP) is 4.10. The molecule has 1 aliphatic carbocycles. The number of pyridine rings is 1. The molecule has 2 heterocycles. The first kappa shape index (κ1) is 21.2. The smallest absolute Gasteiger partial charge is 0.301 e. The molecule has 0 radical (unpaired) electrons. The van der Waals surface area contributed by atoms with Crippen molar-refractivity contribution in [3.8, 4) is 0 Å². The van der Waals surface area contributed by atoms with E-state index >= 15 is 0 Å². The molecular formula is C24H28N4O3S. The number of nitrogens with zero attached hydrogens (tertiary/aromatic N) is 2. The summed E-state index contributed by atoms with van der Waals surface area (Å²) in [6, 6.07) is 18.2. The Labute approximate surface area is 189 Å². The Bertz CT molecular complexity index is 1220. The number of benzene rings is 2. The molecular weight excluding hydrogens is 424 g/mol. The fourth-order valence-corrected chi connectivity index (χ4v) is 5.92. The van der Waals surface area contributed by atoms with Crippen molar-refractivity contribution in [2.45, 2.75) is 37.8 Å². The first-order valence-electron chi connectivity index (χ1n) is 11.1. The Morgan fingerprint density at radius 1 is 1.03 bits per heavy atom. The Kier molecular flexibility index (Phi) is 5.75. The van der Waals surface area contributed by atoms with Crippen LogP contribution in [-0.2, 0) is 21.4 Å². The second-order valence-electron chi connectivity index (χ2n) is 8.48. The third-order valence-corrected chi connectivity index (χ3v) is 8.00. The Morgan fingerprint density at radius 2 is 1.84 bits per heavy atom. The van der Waals surface area contributed by atoms with Crippen LogP contribution in [0.15, 0.2) is 54.6 Å². The van der Waals surface area contributed by atoms with Gasteiger partial charge in [0, 0.05) is 25.6 Å². The first-order chi connectivity index (χ1) is 15.5. The second kappa shape index (κ2) is 8.69. The van der Waals surface area contributed by atoms with Gasteiger partial charge in [-0.2, -0.15) is 12.7 Å². The van der Waals surface area contributed by atoms with Crippen molar-refractivity contribution in [2.75, 3.05) is 30.2 Å². The molecule has 8 heteroatoms. The zero-order valence-corrected chi connectivity index (χ0v) is 18.9. The standard InChI is InChI=1S/C24H28N4O3S/c1-31-20-12-14-28(15-13-20)32(29,30)27-19-8-10-22-18(16-19)7-11-24(25-22)26-23-9-6-17-4-2-3-5-21(17)23/h2-5,7-8,10-11,16,20,23,27H,6,9,12-15H2,1H3,(H,25,26)/t23-/m1/s1. The summed E-state index contributed by atoms with van der Waals surface area (Å²) in [4.78, 5) is 4.74. The maximum Gasteiger partial charge on any atom is 0.301 e.